The van der Waals surface area contributed by atoms with Crippen molar-refractivity contribution in [1.29, 1.82) is 0 Å². The third kappa shape index (κ3) is 3.91. The third-order valence-electron chi connectivity index (χ3n) is 4.44. The molecule has 0 aliphatic carbocycles. The van der Waals surface area contributed by atoms with Crippen molar-refractivity contribution in [1.82, 2.24) is 19.8 Å². The van der Waals surface area contributed by atoms with Gasteiger partial charge in [0.1, 0.15) is 0 Å². The van der Waals surface area contributed by atoms with Gasteiger partial charge in [0, 0.05) is 30.9 Å². The van der Waals surface area contributed by atoms with Crippen LogP contribution in [-0.2, 0) is 17.1 Å². The van der Waals surface area contributed by atoms with Gasteiger partial charge in [0.2, 0.25) is 10.0 Å². The highest BCUT2D eigenvalue weighted by molar-refractivity contribution is 7.90. The summed E-state index contributed by atoms with van der Waals surface area (Å²) in [6.07, 6.45) is 4.92. The van der Waals surface area contributed by atoms with Crippen molar-refractivity contribution >= 4 is 15.9 Å². The van der Waals surface area contributed by atoms with Crippen molar-refractivity contribution in [3.8, 4) is 11.1 Å². The number of benzene rings is 1. The van der Waals surface area contributed by atoms with Crippen LogP contribution in [0.15, 0.2) is 30.6 Å². The molecule has 0 radical (unpaired) electrons. The van der Waals surface area contributed by atoms with Crippen molar-refractivity contribution in [3.05, 3.63) is 41.7 Å². The summed E-state index contributed by atoms with van der Waals surface area (Å²) >= 11 is 0. The van der Waals surface area contributed by atoms with E-state index in [0.717, 1.165) is 29.7 Å². The zero-order valence-electron chi connectivity index (χ0n) is 14.3. The van der Waals surface area contributed by atoms with Gasteiger partial charge >= 0.3 is 0 Å². The van der Waals surface area contributed by atoms with Crippen LogP contribution >= 0.6 is 0 Å². The molecule has 1 aromatic carbocycles. The highest BCUT2D eigenvalue weighted by Gasteiger charge is 2.29. The number of hydrogen-bond donors (Lipinski definition) is 2. The molecule has 3 rings (SSSR count). The van der Waals surface area contributed by atoms with Gasteiger partial charge in [-0.25, -0.2) is 13.1 Å². The molecule has 0 spiro atoms. The molecule has 0 bridgehead atoms. The van der Waals surface area contributed by atoms with E-state index in [1.165, 1.54) is 0 Å². The first-order chi connectivity index (χ1) is 11.9. The van der Waals surface area contributed by atoms with Gasteiger partial charge in [0.05, 0.1) is 11.4 Å². The number of amides is 1. The molecule has 1 fully saturated rings. The van der Waals surface area contributed by atoms with E-state index in [9.17, 15) is 13.2 Å². The molecule has 1 aliphatic heterocycles. The SMILES string of the molecule is Cc1ccc(C(=O)NS(=O)(=O)[C@H]2CCCNC2)cc1-c1cnn(C)c1. The quantitative estimate of drug-likeness (QED) is 0.853. The molecule has 7 nitrogen and oxygen atoms in total. The summed E-state index contributed by atoms with van der Waals surface area (Å²) in [4.78, 5) is 12.5. The smallest absolute Gasteiger partial charge is 0.264 e. The highest BCUT2D eigenvalue weighted by Crippen LogP contribution is 2.24. The molecule has 1 atom stereocenters. The number of carbonyl (C=O) groups is 1. The zero-order valence-corrected chi connectivity index (χ0v) is 15.1. The van der Waals surface area contributed by atoms with Crippen molar-refractivity contribution in [2.24, 2.45) is 7.05 Å². The monoisotopic (exact) mass is 362 g/mol. The molecule has 0 saturated carbocycles. The van der Waals surface area contributed by atoms with Crippen LogP contribution in [-0.4, -0.2) is 42.4 Å². The topological polar surface area (TPSA) is 93.1 Å². The average Bonchev–Trinajstić information content (AvgIpc) is 3.02. The molecular formula is C17H22N4O3S. The molecule has 2 heterocycles. The second-order valence-corrected chi connectivity index (χ2v) is 8.34. The predicted molar refractivity (Wildman–Crippen MR) is 95.7 cm³/mol. The number of aryl methyl sites for hydroxylation is 2. The molecule has 2 N–H and O–H groups in total. The number of hydrogen-bond acceptors (Lipinski definition) is 5. The van der Waals surface area contributed by atoms with E-state index in [1.54, 1.807) is 23.0 Å². The summed E-state index contributed by atoms with van der Waals surface area (Å²) in [5, 5.41) is 6.62. The lowest BCUT2D eigenvalue weighted by Gasteiger charge is -2.22. The first-order valence-electron chi connectivity index (χ1n) is 8.23. The number of aromatic nitrogens is 2. The van der Waals surface area contributed by atoms with E-state index >= 15 is 0 Å². The maximum Gasteiger partial charge on any atom is 0.264 e. The van der Waals surface area contributed by atoms with Gasteiger partial charge in [-0.2, -0.15) is 5.10 Å². The van der Waals surface area contributed by atoms with Crippen LogP contribution in [0.5, 0.6) is 0 Å². The van der Waals surface area contributed by atoms with Crippen LogP contribution in [0.3, 0.4) is 0 Å². The van der Waals surface area contributed by atoms with Crippen molar-refractivity contribution in [3.63, 3.8) is 0 Å². The van der Waals surface area contributed by atoms with Crippen LogP contribution < -0.4 is 10.0 Å². The highest BCUT2D eigenvalue weighted by atomic mass is 32.2. The lowest BCUT2D eigenvalue weighted by atomic mass is 10.0. The molecule has 0 unspecified atom stereocenters. The van der Waals surface area contributed by atoms with Gasteiger partial charge in [0.15, 0.2) is 0 Å². The predicted octanol–water partition coefficient (Wildman–Crippen LogP) is 1.21. The fourth-order valence-electron chi connectivity index (χ4n) is 2.99. The number of nitrogens with zero attached hydrogens (tertiary/aromatic N) is 2. The average molecular weight is 362 g/mol. The first-order valence-corrected chi connectivity index (χ1v) is 9.78. The normalized spacial score (nSPS) is 18.1. The third-order valence-corrected chi connectivity index (χ3v) is 6.19. The standard InChI is InChI=1S/C17H22N4O3S/c1-12-5-6-13(8-16(12)14-9-19-21(2)11-14)17(22)20-25(23,24)15-4-3-7-18-10-15/h5-6,8-9,11,15,18H,3-4,7,10H2,1-2H3,(H,20,22)/t15-/m0/s1. The molecule has 1 aliphatic rings. The zero-order chi connectivity index (χ0) is 18.0. The van der Waals surface area contributed by atoms with Gasteiger partial charge in [0.25, 0.3) is 5.91 Å². The van der Waals surface area contributed by atoms with Crippen LogP contribution in [0.25, 0.3) is 11.1 Å². The van der Waals surface area contributed by atoms with Gasteiger partial charge in [-0.1, -0.05) is 6.07 Å². The summed E-state index contributed by atoms with van der Waals surface area (Å²) in [5.41, 5.74) is 3.05. The largest absolute Gasteiger partial charge is 0.315 e. The number of nitrogens with one attached hydrogen (secondary N) is 2. The minimum absolute atomic E-state index is 0.316. The van der Waals surface area contributed by atoms with E-state index < -0.39 is 21.2 Å². The number of sulfonamides is 1. The van der Waals surface area contributed by atoms with Crippen molar-refractivity contribution in [2.75, 3.05) is 13.1 Å². The Morgan fingerprint density at radius 3 is 2.84 bits per heavy atom. The minimum Gasteiger partial charge on any atom is -0.315 e. The summed E-state index contributed by atoms with van der Waals surface area (Å²) in [6.45, 7) is 3.12. The molecule has 134 valence electrons. The Hall–Kier alpha value is -2.19. The second-order valence-electron chi connectivity index (χ2n) is 6.38. The van der Waals surface area contributed by atoms with Gasteiger partial charge in [-0.15, -0.1) is 0 Å². The molecule has 1 aromatic heterocycles. The van der Waals surface area contributed by atoms with E-state index in [4.69, 9.17) is 0 Å². The fraction of sp³-hybridized carbons (Fsp3) is 0.412. The van der Waals surface area contributed by atoms with Crippen molar-refractivity contribution in [2.45, 2.75) is 25.0 Å². The molecule has 25 heavy (non-hydrogen) atoms. The number of carbonyl (C=O) groups excluding carboxylic acids is 1. The summed E-state index contributed by atoms with van der Waals surface area (Å²) in [5.74, 6) is -0.601. The van der Waals surface area contributed by atoms with Gasteiger partial charge < -0.3 is 5.32 Å². The van der Waals surface area contributed by atoms with Crippen molar-refractivity contribution < 1.29 is 13.2 Å². The Bertz CT molecular complexity index is 883. The van der Waals surface area contributed by atoms with Crippen LogP contribution in [0.1, 0.15) is 28.8 Å². The Morgan fingerprint density at radius 1 is 1.40 bits per heavy atom. The molecule has 1 amide bonds. The molecule has 1 saturated heterocycles. The minimum atomic E-state index is -3.69. The lowest BCUT2D eigenvalue weighted by Crippen LogP contribution is -2.46. The Balaban J connectivity index is 1.83. The van der Waals surface area contributed by atoms with Crippen LogP contribution in [0.2, 0.25) is 0 Å². The lowest BCUT2D eigenvalue weighted by molar-refractivity contribution is 0.0981. The molecular weight excluding hydrogens is 340 g/mol. The van der Waals surface area contributed by atoms with Gasteiger partial charge in [-0.3, -0.25) is 9.48 Å². The summed E-state index contributed by atoms with van der Waals surface area (Å²) < 4.78 is 28.7. The van der Waals surface area contributed by atoms with E-state index in [1.807, 2.05) is 26.2 Å². The van der Waals surface area contributed by atoms with Crippen LogP contribution in [0, 0.1) is 6.92 Å². The van der Waals surface area contributed by atoms with E-state index in [0.29, 0.717) is 18.5 Å². The Morgan fingerprint density at radius 2 is 2.20 bits per heavy atom. The Kier molecular flexibility index (Phi) is 4.91. The van der Waals surface area contributed by atoms with E-state index in [2.05, 4.69) is 15.1 Å². The van der Waals surface area contributed by atoms with E-state index in [-0.39, 0.29) is 0 Å². The maximum atomic E-state index is 12.5. The van der Waals surface area contributed by atoms with Gasteiger partial charge in [-0.05, 0) is 49.6 Å². The molecule has 2 aromatic rings. The second kappa shape index (κ2) is 6.97. The number of rotatable bonds is 4. The number of piperidine rings is 1. The fourth-order valence-corrected chi connectivity index (χ4v) is 4.35. The first kappa shape index (κ1) is 17.6. The summed E-state index contributed by atoms with van der Waals surface area (Å²) in [7, 11) is -1.87. The Labute approximate surface area is 147 Å². The van der Waals surface area contributed by atoms with Crippen LogP contribution in [0.4, 0.5) is 0 Å². The molecule has 8 heteroatoms. The summed E-state index contributed by atoms with van der Waals surface area (Å²) in [6, 6.07) is 5.15. The maximum absolute atomic E-state index is 12.5.